The van der Waals surface area contributed by atoms with Crippen LogP contribution in [0.1, 0.15) is 61.3 Å². The third kappa shape index (κ3) is 3.86. The molecule has 2 aliphatic heterocycles. The van der Waals surface area contributed by atoms with E-state index in [1.165, 1.54) is 6.42 Å². The minimum atomic E-state index is -3.54. The van der Waals surface area contributed by atoms with Gasteiger partial charge in [-0.2, -0.15) is 4.31 Å². The Morgan fingerprint density at radius 1 is 0.929 bits per heavy atom. The summed E-state index contributed by atoms with van der Waals surface area (Å²) in [7, 11) is -3.54. The van der Waals surface area contributed by atoms with Crippen molar-refractivity contribution in [2.45, 2.75) is 77.7 Å². The average Bonchev–Trinajstić information content (AvgIpc) is 2.66. The lowest BCUT2D eigenvalue weighted by Crippen LogP contribution is -2.48. The fraction of sp³-hybridized carbons (Fsp3) is 0.682. The van der Waals surface area contributed by atoms with Gasteiger partial charge in [0.1, 0.15) is 0 Å². The van der Waals surface area contributed by atoms with E-state index >= 15 is 0 Å². The van der Waals surface area contributed by atoms with Gasteiger partial charge in [0.15, 0.2) is 0 Å². The fourth-order valence-corrected chi connectivity index (χ4v) is 6.75. The molecule has 1 aromatic carbocycles. The van der Waals surface area contributed by atoms with Crippen LogP contribution in [0.5, 0.6) is 0 Å². The van der Waals surface area contributed by atoms with Crippen LogP contribution in [0.25, 0.3) is 0 Å². The largest absolute Gasteiger partial charge is 0.340 e. The molecule has 0 unspecified atom stereocenters. The summed E-state index contributed by atoms with van der Waals surface area (Å²) in [5.74, 6) is 0.177. The fourth-order valence-electron chi connectivity index (χ4n) is 4.70. The van der Waals surface area contributed by atoms with Crippen molar-refractivity contribution < 1.29 is 13.2 Å². The second-order valence-electron chi connectivity index (χ2n) is 8.64. The molecule has 0 spiro atoms. The molecule has 2 heterocycles. The zero-order chi connectivity index (χ0) is 20.6. The zero-order valence-electron chi connectivity index (χ0n) is 17.9. The third-order valence-electron chi connectivity index (χ3n) is 6.78. The van der Waals surface area contributed by atoms with Crippen molar-refractivity contribution in [2.24, 2.45) is 5.92 Å². The Bertz CT molecular complexity index is 829. The van der Waals surface area contributed by atoms with Crippen molar-refractivity contribution in [3.63, 3.8) is 0 Å². The zero-order valence-corrected chi connectivity index (χ0v) is 18.7. The highest BCUT2D eigenvalue weighted by molar-refractivity contribution is 7.89. The Kier molecular flexibility index (Phi) is 6.20. The van der Waals surface area contributed by atoms with Gasteiger partial charge in [-0.25, -0.2) is 8.42 Å². The number of hydrogen-bond acceptors (Lipinski definition) is 3. The molecule has 0 saturated carbocycles. The molecule has 2 saturated heterocycles. The van der Waals surface area contributed by atoms with Crippen molar-refractivity contribution >= 4 is 15.9 Å². The predicted octanol–water partition coefficient (Wildman–Crippen LogP) is 3.72. The lowest BCUT2D eigenvalue weighted by Gasteiger charge is -2.38. The molecule has 1 aromatic rings. The summed E-state index contributed by atoms with van der Waals surface area (Å²) >= 11 is 0. The van der Waals surface area contributed by atoms with Crippen molar-refractivity contribution in [1.29, 1.82) is 0 Å². The first kappa shape index (κ1) is 21.3. The molecule has 5 nitrogen and oxygen atoms in total. The Morgan fingerprint density at radius 2 is 1.50 bits per heavy atom. The summed E-state index contributed by atoms with van der Waals surface area (Å²) in [5.41, 5.74) is 3.68. The molecule has 2 aliphatic rings. The van der Waals surface area contributed by atoms with Crippen LogP contribution in [-0.2, 0) is 14.8 Å². The van der Waals surface area contributed by atoms with Gasteiger partial charge < -0.3 is 4.90 Å². The van der Waals surface area contributed by atoms with Crippen LogP contribution in [0, 0.1) is 33.6 Å². The summed E-state index contributed by atoms with van der Waals surface area (Å²) in [4.78, 5) is 15.4. The molecule has 0 aliphatic carbocycles. The molecule has 156 valence electrons. The van der Waals surface area contributed by atoms with Gasteiger partial charge in [0.05, 0.1) is 4.90 Å². The SMILES string of the molecule is Cc1cc(C)c(C)c(S(=O)(=O)N2CCC(C(=O)N3CCCC[C@@H]3C)CC2)c1C. The maximum absolute atomic E-state index is 13.4. The van der Waals surface area contributed by atoms with E-state index < -0.39 is 10.0 Å². The molecular formula is C22H34N2O3S. The number of carbonyl (C=O) groups excluding carboxylic acids is 1. The summed E-state index contributed by atoms with van der Waals surface area (Å²) in [6.45, 7) is 11.5. The van der Waals surface area contributed by atoms with Gasteiger partial charge in [-0.05, 0) is 89.0 Å². The first-order chi connectivity index (χ1) is 13.1. The molecule has 0 N–H and O–H groups in total. The number of rotatable bonds is 3. The molecule has 2 fully saturated rings. The Hall–Kier alpha value is -1.40. The highest BCUT2D eigenvalue weighted by atomic mass is 32.2. The van der Waals surface area contributed by atoms with E-state index in [4.69, 9.17) is 0 Å². The van der Waals surface area contributed by atoms with Crippen molar-refractivity contribution in [3.8, 4) is 0 Å². The quantitative estimate of drug-likeness (QED) is 0.769. The molecule has 28 heavy (non-hydrogen) atoms. The second kappa shape index (κ2) is 8.15. The number of nitrogens with zero attached hydrogens (tertiary/aromatic N) is 2. The van der Waals surface area contributed by atoms with Crippen LogP contribution in [0.3, 0.4) is 0 Å². The summed E-state index contributed by atoms with van der Waals surface area (Å²) in [5, 5.41) is 0. The van der Waals surface area contributed by atoms with Gasteiger partial charge in [-0.15, -0.1) is 0 Å². The number of sulfonamides is 1. The minimum absolute atomic E-state index is 0.0477. The van der Waals surface area contributed by atoms with Crippen molar-refractivity contribution in [2.75, 3.05) is 19.6 Å². The van der Waals surface area contributed by atoms with E-state index in [2.05, 4.69) is 6.92 Å². The van der Waals surface area contributed by atoms with Crippen LogP contribution in [0.2, 0.25) is 0 Å². The number of amides is 1. The molecule has 0 aromatic heterocycles. The predicted molar refractivity (Wildman–Crippen MR) is 112 cm³/mol. The van der Waals surface area contributed by atoms with Gasteiger partial charge in [0.25, 0.3) is 0 Å². The van der Waals surface area contributed by atoms with Gasteiger partial charge in [-0.3, -0.25) is 4.79 Å². The first-order valence-corrected chi connectivity index (χ1v) is 12.0. The molecule has 3 rings (SSSR count). The maximum atomic E-state index is 13.4. The second-order valence-corrected chi connectivity index (χ2v) is 10.5. The van der Waals surface area contributed by atoms with Crippen molar-refractivity contribution in [3.05, 3.63) is 28.3 Å². The van der Waals surface area contributed by atoms with Crippen LogP contribution >= 0.6 is 0 Å². The van der Waals surface area contributed by atoms with E-state index in [-0.39, 0.29) is 11.8 Å². The summed E-state index contributed by atoms with van der Waals surface area (Å²) in [6.07, 6.45) is 4.57. The van der Waals surface area contributed by atoms with E-state index in [9.17, 15) is 13.2 Å². The van der Waals surface area contributed by atoms with Gasteiger partial charge >= 0.3 is 0 Å². The van der Waals surface area contributed by atoms with Crippen LogP contribution in [0.15, 0.2) is 11.0 Å². The topological polar surface area (TPSA) is 57.7 Å². The normalized spacial score (nSPS) is 22.5. The number of carbonyl (C=O) groups is 1. The standard InChI is InChI=1S/C22H34N2O3S/c1-15-14-16(2)19(5)21(18(15)4)28(26,27)23-12-9-20(10-13-23)22(25)24-11-7-6-8-17(24)3/h14,17,20H,6-13H2,1-5H3/t17-/m0/s1. The van der Waals surface area contributed by atoms with E-state index in [0.717, 1.165) is 41.6 Å². The minimum Gasteiger partial charge on any atom is -0.340 e. The average molecular weight is 407 g/mol. The van der Waals surface area contributed by atoms with Gasteiger partial charge in [-0.1, -0.05) is 6.07 Å². The highest BCUT2D eigenvalue weighted by Gasteiger charge is 2.36. The van der Waals surface area contributed by atoms with E-state index in [1.807, 2.05) is 38.7 Å². The summed E-state index contributed by atoms with van der Waals surface area (Å²) < 4.78 is 28.4. The Balaban J connectivity index is 1.75. The van der Waals surface area contributed by atoms with Crippen LogP contribution in [0.4, 0.5) is 0 Å². The monoisotopic (exact) mass is 406 g/mol. The molecule has 0 radical (unpaired) electrons. The van der Waals surface area contributed by atoms with Crippen molar-refractivity contribution in [1.82, 2.24) is 9.21 Å². The summed E-state index contributed by atoms with van der Waals surface area (Å²) in [6, 6.07) is 2.36. The number of piperidine rings is 2. The lowest BCUT2D eigenvalue weighted by atomic mass is 9.94. The molecule has 1 amide bonds. The Labute approximate surface area is 170 Å². The number of aryl methyl sites for hydroxylation is 2. The maximum Gasteiger partial charge on any atom is 0.243 e. The lowest BCUT2D eigenvalue weighted by molar-refractivity contribution is -0.140. The molecule has 0 bridgehead atoms. The van der Waals surface area contributed by atoms with Gasteiger partial charge in [0.2, 0.25) is 15.9 Å². The molecular weight excluding hydrogens is 372 g/mol. The Morgan fingerprint density at radius 3 is 2.04 bits per heavy atom. The van der Waals surface area contributed by atoms with E-state index in [0.29, 0.717) is 36.9 Å². The third-order valence-corrected chi connectivity index (χ3v) is 8.96. The highest BCUT2D eigenvalue weighted by Crippen LogP contribution is 2.32. The first-order valence-electron chi connectivity index (χ1n) is 10.5. The number of benzene rings is 1. The number of likely N-dealkylation sites (tertiary alicyclic amines) is 1. The molecule has 1 atom stereocenters. The molecule has 6 heteroatoms. The van der Waals surface area contributed by atoms with Gasteiger partial charge in [0, 0.05) is 31.6 Å². The van der Waals surface area contributed by atoms with Crippen LogP contribution in [-0.4, -0.2) is 49.2 Å². The number of hydrogen-bond donors (Lipinski definition) is 0. The smallest absolute Gasteiger partial charge is 0.243 e. The van der Waals surface area contributed by atoms with E-state index in [1.54, 1.807) is 4.31 Å². The van der Waals surface area contributed by atoms with Crippen LogP contribution < -0.4 is 0 Å².